The van der Waals surface area contributed by atoms with Crippen LogP contribution in [-0.4, -0.2) is 24.2 Å². The van der Waals surface area contributed by atoms with E-state index in [-0.39, 0.29) is 6.42 Å². The molecular formula is C11H14N2O4. The highest BCUT2D eigenvalue weighted by molar-refractivity contribution is 5.77. The number of rotatable bonds is 6. The van der Waals surface area contributed by atoms with Gasteiger partial charge >= 0.3 is 5.97 Å². The lowest BCUT2D eigenvalue weighted by Crippen LogP contribution is -2.36. The van der Waals surface area contributed by atoms with Crippen molar-refractivity contribution in [3.63, 3.8) is 0 Å². The predicted molar refractivity (Wildman–Crippen MR) is 63.0 cm³/mol. The van der Waals surface area contributed by atoms with Crippen LogP contribution in [0.5, 0.6) is 5.75 Å². The van der Waals surface area contributed by atoms with Crippen molar-refractivity contribution >= 4 is 11.7 Å². The Morgan fingerprint density at radius 1 is 1.47 bits per heavy atom. The minimum Gasteiger partial charge on any atom is -0.497 e. The van der Waals surface area contributed by atoms with Crippen LogP contribution in [0.4, 0.5) is 5.69 Å². The van der Waals surface area contributed by atoms with Crippen LogP contribution in [0.25, 0.3) is 0 Å². The van der Waals surface area contributed by atoms with Crippen LogP contribution in [0.1, 0.15) is 13.3 Å². The third-order valence-corrected chi connectivity index (χ3v) is 2.39. The van der Waals surface area contributed by atoms with E-state index in [1.54, 1.807) is 31.2 Å². The summed E-state index contributed by atoms with van der Waals surface area (Å²) < 4.78 is 4.97. The van der Waals surface area contributed by atoms with Crippen LogP contribution in [0.2, 0.25) is 0 Å². The highest BCUT2D eigenvalue weighted by atomic mass is 16.5. The maximum Gasteiger partial charge on any atom is 0.328 e. The van der Waals surface area contributed by atoms with Crippen molar-refractivity contribution < 1.29 is 14.6 Å². The van der Waals surface area contributed by atoms with E-state index in [4.69, 9.17) is 9.84 Å². The predicted octanol–water partition coefficient (Wildman–Crippen LogP) is 2.05. The number of nitroso groups, excluding NO2 is 1. The Hall–Kier alpha value is -2.11. The molecule has 1 N–H and O–H groups in total. The minimum absolute atomic E-state index is 0.285. The second-order valence-corrected chi connectivity index (χ2v) is 3.39. The number of benzene rings is 1. The monoisotopic (exact) mass is 238 g/mol. The standard InChI is InChI=1S/C11H14N2O4/c1-3-10(11(14)15)13(12-16)8-4-6-9(17-2)7-5-8/h4-7,10H,3H2,1-2H3,(H,14,15). The summed E-state index contributed by atoms with van der Waals surface area (Å²) in [4.78, 5) is 21.7. The zero-order valence-corrected chi connectivity index (χ0v) is 9.66. The number of carboxylic acid groups (broad SMARTS) is 1. The fourth-order valence-electron chi connectivity index (χ4n) is 1.47. The lowest BCUT2D eigenvalue weighted by atomic mass is 10.2. The van der Waals surface area contributed by atoms with Gasteiger partial charge in [-0.1, -0.05) is 6.92 Å². The molecule has 0 saturated heterocycles. The lowest BCUT2D eigenvalue weighted by molar-refractivity contribution is -0.138. The van der Waals surface area contributed by atoms with Crippen molar-refractivity contribution in [3.05, 3.63) is 29.2 Å². The molecule has 0 heterocycles. The first-order chi connectivity index (χ1) is 8.13. The summed E-state index contributed by atoms with van der Waals surface area (Å²) in [7, 11) is 1.52. The van der Waals surface area contributed by atoms with Crippen LogP contribution < -0.4 is 9.75 Å². The Kier molecular flexibility index (Phi) is 4.45. The molecule has 0 amide bonds. The van der Waals surface area contributed by atoms with Gasteiger partial charge in [0.25, 0.3) is 0 Å². The molecular weight excluding hydrogens is 224 g/mol. The SMILES string of the molecule is CCC(C(=O)O)N(N=O)c1ccc(OC)cc1. The first-order valence-electron chi connectivity index (χ1n) is 5.13. The molecule has 0 aliphatic carbocycles. The first kappa shape index (κ1) is 13.0. The average molecular weight is 238 g/mol. The molecule has 1 unspecified atom stereocenters. The van der Waals surface area contributed by atoms with Gasteiger partial charge in [0.05, 0.1) is 18.1 Å². The van der Waals surface area contributed by atoms with Gasteiger partial charge in [0.1, 0.15) is 5.75 Å². The fraction of sp³-hybridized carbons (Fsp3) is 0.364. The van der Waals surface area contributed by atoms with Crippen molar-refractivity contribution in [2.24, 2.45) is 5.29 Å². The number of hydrogen-bond donors (Lipinski definition) is 1. The summed E-state index contributed by atoms with van der Waals surface area (Å²) in [6.45, 7) is 1.68. The van der Waals surface area contributed by atoms with E-state index in [1.807, 2.05) is 0 Å². The molecule has 17 heavy (non-hydrogen) atoms. The minimum atomic E-state index is -1.08. The Morgan fingerprint density at radius 3 is 2.41 bits per heavy atom. The number of hydrogen-bond acceptors (Lipinski definition) is 4. The molecule has 6 heteroatoms. The third-order valence-electron chi connectivity index (χ3n) is 2.39. The molecule has 0 fully saturated rings. The summed E-state index contributed by atoms with van der Waals surface area (Å²) in [5, 5.41) is 12.7. The number of aliphatic carboxylic acids is 1. The van der Waals surface area contributed by atoms with Crippen molar-refractivity contribution in [2.75, 3.05) is 12.1 Å². The van der Waals surface area contributed by atoms with E-state index in [9.17, 15) is 9.70 Å². The summed E-state index contributed by atoms with van der Waals surface area (Å²) in [6, 6.07) is 5.50. The number of nitrogens with zero attached hydrogens (tertiary/aromatic N) is 2. The second kappa shape index (κ2) is 5.83. The molecule has 1 aromatic rings. The van der Waals surface area contributed by atoms with E-state index in [1.165, 1.54) is 7.11 Å². The van der Waals surface area contributed by atoms with Gasteiger partial charge < -0.3 is 9.84 Å². The van der Waals surface area contributed by atoms with Gasteiger partial charge in [-0.3, -0.25) is 0 Å². The maximum absolute atomic E-state index is 11.0. The Balaban J connectivity index is 2.99. The zero-order chi connectivity index (χ0) is 12.8. The Morgan fingerprint density at radius 2 is 2.06 bits per heavy atom. The van der Waals surface area contributed by atoms with Gasteiger partial charge in [0.15, 0.2) is 6.04 Å². The van der Waals surface area contributed by atoms with Crippen molar-refractivity contribution in [1.82, 2.24) is 0 Å². The lowest BCUT2D eigenvalue weighted by Gasteiger charge is -2.21. The van der Waals surface area contributed by atoms with Crippen LogP contribution in [0, 0.1) is 4.91 Å². The van der Waals surface area contributed by atoms with Crippen molar-refractivity contribution in [1.29, 1.82) is 0 Å². The third kappa shape index (κ3) is 2.93. The van der Waals surface area contributed by atoms with Gasteiger partial charge in [-0.05, 0) is 30.7 Å². The van der Waals surface area contributed by atoms with E-state index in [0.717, 1.165) is 5.01 Å². The number of carbonyl (C=O) groups is 1. The quantitative estimate of drug-likeness (QED) is 0.606. The largest absolute Gasteiger partial charge is 0.497 e. The molecule has 92 valence electrons. The number of methoxy groups -OCH3 is 1. The van der Waals surface area contributed by atoms with Crippen LogP contribution in [0.15, 0.2) is 29.6 Å². The van der Waals surface area contributed by atoms with E-state index in [0.29, 0.717) is 11.4 Å². The van der Waals surface area contributed by atoms with E-state index in [2.05, 4.69) is 5.29 Å². The van der Waals surface area contributed by atoms with Crippen molar-refractivity contribution in [2.45, 2.75) is 19.4 Å². The smallest absolute Gasteiger partial charge is 0.328 e. The average Bonchev–Trinajstić information content (AvgIpc) is 2.35. The molecule has 0 aliphatic rings. The number of anilines is 1. The molecule has 0 spiro atoms. The van der Waals surface area contributed by atoms with Gasteiger partial charge in [0, 0.05) is 0 Å². The molecule has 1 atom stereocenters. The highest BCUT2D eigenvalue weighted by Crippen LogP contribution is 2.22. The molecule has 0 aromatic heterocycles. The molecule has 0 bridgehead atoms. The summed E-state index contributed by atoms with van der Waals surface area (Å²) in [6.07, 6.45) is 0.285. The molecule has 6 nitrogen and oxygen atoms in total. The molecule has 0 radical (unpaired) electrons. The van der Waals surface area contributed by atoms with Crippen LogP contribution >= 0.6 is 0 Å². The summed E-state index contributed by atoms with van der Waals surface area (Å²) in [5.41, 5.74) is 0.426. The molecule has 1 rings (SSSR count). The summed E-state index contributed by atoms with van der Waals surface area (Å²) >= 11 is 0. The Bertz CT molecular complexity index is 391. The van der Waals surface area contributed by atoms with Gasteiger partial charge in [0.2, 0.25) is 0 Å². The Labute approximate surface area is 98.8 Å². The van der Waals surface area contributed by atoms with Gasteiger partial charge in [-0.2, -0.15) is 0 Å². The highest BCUT2D eigenvalue weighted by Gasteiger charge is 2.25. The van der Waals surface area contributed by atoms with Gasteiger partial charge in [-0.25, -0.2) is 9.80 Å². The molecule has 1 aromatic carbocycles. The molecule has 0 aliphatic heterocycles. The molecule has 0 saturated carbocycles. The van der Waals surface area contributed by atoms with E-state index >= 15 is 0 Å². The van der Waals surface area contributed by atoms with Gasteiger partial charge in [-0.15, -0.1) is 4.91 Å². The first-order valence-corrected chi connectivity index (χ1v) is 5.13. The second-order valence-electron chi connectivity index (χ2n) is 3.39. The number of carboxylic acids is 1. The fourth-order valence-corrected chi connectivity index (χ4v) is 1.47. The van der Waals surface area contributed by atoms with Crippen molar-refractivity contribution in [3.8, 4) is 5.75 Å². The summed E-state index contributed by atoms with van der Waals surface area (Å²) in [5.74, 6) is -0.453. The van der Waals surface area contributed by atoms with E-state index < -0.39 is 12.0 Å². The van der Waals surface area contributed by atoms with Crippen LogP contribution in [0.3, 0.4) is 0 Å². The zero-order valence-electron chi connectivity index (χ0n) is 9.66. The topological polar surface area (TPSA) is 79.2 Å². The normalized spacial score (nSPS) is 11.6. The maximum atomic E-state index is 11.0. The van der Waals surface area contributed by atoms with Crippen LogP contribution in [-0.2, 0) is 4.79 Å². The number of ether oxygens (including phenoxy) is 1.